The molecule has 4 heteroatoms. The minimum absolute atomic E-state index is 0.0648. The molecule has 1 fully saturated rings. The predicted octanol–water partition coefficient (Wildman–Crippen LogP) is -0.0323. The van der Waals surface area contributed by atoms with Crippen LogP contribution >= 0.6 is 0 Å². The maximum atomic E-state index is 11.9. The number of carbonyl (C=O) groups excluding carboxylic acids is 1. The average Bonchev–Trinajstić information content (AvgIpc) is 2.30. The molecular formula is C10H20N2O2. The van der Waals surface area contributed by atoms with E-state index >= 15 is 0 Å². The van der Waals surface area contributed by atoms with E-state index in [4.69, 9.17) is 5.11 Å². The highest BCUT2D eigenvalue weighted by Crippen LogP contribution is 2.08. The molecule has 1 aliphatic rings. The zero-order valence-electron chi connectivity index (χ0n) is 8.99. The van der Waals surface area contributed by atoms with Gasteiger partial charge in [-0.15, -0.1) is 0 Å². The summed E-state index contributed by atoms with van der Waals surface area (Å²) in [6.07, 6.45) is 1.51. The molecule has 0 aromatic rings. The molecule has 0 spiro atoms. The van der Waals surface area contributed by atoms with Gasteiger partial charge in [0.2, 0.25) is 5.91 Å². The van der Waals surface area contributed by atoms with Crippen molar-refractivity contribution < 1.29 is 9.90 Å². The van der Waals surface area contributed by atoms with Gasteiger partial charge in [-0.05, 0) is 33.2 Å². The van der Waals surface area contributed by atoms with Crippen LogP contribution in [0, 0.1) is 0 Å². The Morgan fingerprint density at radius 1 is 1.64 bits per heavy atom. The summed E-state index contributed by atoms with van der Waals surface area (Å²) < 4.78 is 0. The molecule has 14 heavy (non-hydrogen) atoms. The van der Waals surface area contributed by atoms with Crippen molar-refractivity contribution in [3.8, 4) is 0 Å². The number of hydrogen-bond donors (Lipinski definition) is 2. The number of rotatable bonds is 3. The zero-order chi connectivity index (χ0) is 10.6. The van der Waals surface area contributed by atoms with Gasteiger partial charge in [-0.3, -0.25) is 4.79 Å². The second kappa shape index (κ2) is 5.32. The Morgan fingerprint density at radius 3 is 2.93 bits per heavy atom. The van der Waals surface area contributed by atoms with Gasteiger partial charge in [-0.2, -0.15) is 0 Å². The number of aliphatic hydroxyl groups excluding tert-OH is 1. The van der Waals surface area contributed by atoms with Gasteiger partial charge in [0.25, 0.3) is 0 Å². The van der Waals surface area contributed by atoms with Crippen molar-refractivity contribution in [3.05, 3.63) is 0 Å². The maximum absolute atomic E-state index is 11.9. The second-order valence-corrected chi connectivity index (χ2v) is 4.00. The van der Waals surface area contributed by atoms with Crippen LogP contribution < -0.4 is 5.32 Å². The maximum Gasteiger partial charge on any atom is 0.240 e. The summed E-state index contributed by atoms with van der Waals surface area (Å²) in [5.41, 5.74) is 0. The molecule has 82 valence electrons. The molecule has 1 rings (SSSR count). The molecule has 1 heterocycles. The standard InChI is InChI=1S/C10H20N2O2/c1-8(2)12-6-3-5-11-9(4-7-13)10(12)14/h8-9,11,13H,3-7H2,1-2H3. The first-order valence-electron chi connectivity index (χ1n) is 5.31. The molecule has 1 atom stereocenters. The van der Waals surface area contributed by atoms with Gasteiger partial charge >= 0.3 is 0 Å². The van der Waals surface area contributed by atoms with Crippen LogP contribution in [0.5, 0.6) is 0 Å². The van der Waals surface area contributed by atoms with E-state index in [1.807, 2.05) is 18.7 Å². The van der Waals surface area contributed by atoms with Crippen molar-refractivity contribution >= 4 is 5.91 Å². The summed E-state index contributed by atoms with van der Waals surface area (Å²) in [6, 6.07) is 0.0634. The SMILES string of the molecule is CC(C)N1CCCNC(CCO)C1=O. The summed E-state index contributed by atoms with van der Waals surface area (Å²) in [6.45, 7) is 5.80. The number of carbonyl (C=O) groups is 1. The minimum atomic E-state index is -0.190. The number of nitrogens with one attached hydrogen (secondary N) is 1. The Bertz CT molecular complexity index is 195. The Hall–Kier alpha value is -0.610. The lowest BCUT2D eigenvalue weighted by Gasteiger charge is -2.27. The number of amides is 1. The number of nitrogens with zero attached hydrogens (tertiary/aromatic N) is 1. The molecule has 1 saturated heterocycles. The van der Waals surface area contributed by atoms with Gasteiger partial charge in [0.1, 0.15) is 0 Å². The van der Waals surface area contributed by atoms with Crippen molar-refractivity contribution in [2.24, 2.45) is 0 Å². The second-order valence-electron chi connectivity index (χ2n) is 4.00. The van der Waals surface area contributed by atoms with Crippen LogP contribution in [0.25, 0.3) is 0 Å². The lowest BCUT2D eigenvalue weighted by atomic mass is 10.1. The third-order valence-corrected chi connectivity index (χ3v) is 2.59. The van der Waals surface area contributed by atoms with E-state index in [1.165, 1.54) is 0 Å². The highest BCUT2D eigenvalue weighted by molar-refractivity contribution is 5.82. The van der Waals surface area contributed by atoms with E-state index in [1.54, 1.807) is 0 Å². The van der Waals surface area contributed by atoms with Gasteiger partial charge in [0, 0.05) is 19.2 Å². The summed E-state index contributed by atoms with van der Waals surface area (Å²) in [7, 11) is 0. The van der Waals surface area contributed by atoms with Gasteiger partial charge in [-0.1, -0.05) is 0 Å². The quantitative estimate of drug-likeness (QED) is 0.672. The molecule has 0 saturated carbocycles. The highest BCUT2D eigenvalue weighted by atomic mass is 16.3. The smallest absolute Gasteiger partial charge is 0.240 e. The van der Waals surface area contributed by atoms with Crippen LogP contribution in [0.2, 0.25) is 0 Å². The van der Waals surface area contributed by atoms with Gasteiger partial charge in [0.15, 0.2) is 0 Å². The predicted molar refractivity (Wildman–Crippen MR) is 55.0 cm³/mol. The fourth-order valence-corrected chi connectivity index (χ4v) is 1.79. The van der Waals surface area contributed by atoms with E-state index in [0.29, 0.717) is 6.42 Å². The summed E-state index contributed by atoms with van der Waals surface area (Å²) >= 11 is 0. The topological polar surface area (TPSA) is 52.6 Å². The van der Waals surface area contributed by atoms with Gasteiger partial charge in [0.05, 0.1) is 6.04 Å². The Labute approximate surface area is 85.3 Å². The molecular weight excluding hydrogens is 180 g/mol. The first-order valence-corrected chi connectivity index (χ1v) is 5.31. The van der Waals surface area contributed by atoms with E-state index < -0.39 is 0 Å². The van der Waals surface area contributed by atoms with Gasteiger partial charge < -0.3 is 15.3 Å². The van der Waals surface area contributed by atoms with E-state index in [-0.39, 0.29) is 24.6 Å². The van der Waals surface area contributed by atoms with Crippen LogP contribution in [0.4, 0.5) is 0 Å². The molecule has 1 amide bonds. The van der Waals surface area contributed by atoms with E-state index in [0.717, 1.165) is 19.5 Å². The molecule has 2 N–H and O–H groups in total. The number of hydrogen-bond acceptors (Lipinski definition) is 3. The largest absolute Gasteiger partial charge is 0.396 e. The molecule has 0 aromatic heterocycles. The summed E-state index contributed by atoms with van der Waals surface area (Å²) in [5.74, 6) is 0.131. The van der Waals surface area contributed by atoms with E-state index in [2.05, 4.69) is 5.32 Å². The Morgan fingerprint density at radius 2 is 2.36 bits per heavy atom. The Kier molecular flexibility index (Phi) is 4.35. The summed E-state index contributed by atoms with van der Waals surface area (Å²) in [5, 5.41) is 12.0. The first-order chi connectivity index (χ1) is 6.66. The average molecular weight is 200 g/mol. The van der Waals surface area contributed by atoms with Crippen molar-refractivity contribution in [1.29, 1.82) is 0 Å². The summed E-state index contributed by atoms with van der Waals surface area (Å²) in [4.78, 5) is 13.8. The molecule has 0 aliphatic carbocycles. The van der Waals surface area contributed by atoms with Crippen molar-refractivity contribution in [1.82, 2.24) is 10.2 Å². The van der Waals surface area contributed by atoms with Crippen molar-refractivity contribution in [2.45, 2.75) is 38.8 Å². The Balaban J connectivity index is 2.64. The van der Waals surface area contributed by atoms with Crippen LogP contribution in [-0.2, 0) is 4.79 Å². The molecule has 0 aromatic carbocycles. The fraction of sp³-hybridized carbons (Fsp3) is 0.900. The molecule has 1 aliphatic heterocycles. The fourth-order valence-electron chi connectivity index (χ4n) is 1.79. The third kappa shape index (κ3) is 2.69. The van der Waals surface area contributed by atoms with Crippen LogP contribution in [-0.4, -0.2) is 47.7 Å². The monoisotopic (exact) mass is 200 g/mol. The van der Waals surface area contributed by atoms with Crippen LogP contribution in [0.1, 0.15) is 26.7 Å². The first kappa shape index (κ1) is 11.5. The van der Waals surface area contributed by atoms with Crippen LogP contribution in [0.15, 0.2) is 0 Å². The van der Waals surface area contributed by atoms with Crippen LogP contribution in [0.3, 0.4) is 0 Å². The zero-order valence-corrected chi connectivity index (χ0v) is 8.99. The molecule has 1 unspecified atom stereocenters. The highest BCUT2D eigenvalue weighted by Gasteiger charge is 2.27. The minimum Gasteiger partial charge on any atom is -0.396 e. The lowest BCUT2D eigenvalue weighted by molar-refractivity contribution is -0.134. The normalized spacial score (nSPS) is 24.1. The molecule has 0 radical (unpaired) electrons. The number of aliphatic hydroxyl groups is 1. The lowest BCUT2D eigenvalue weighted by Crippen LogP contribution is -2.46. The van der Waals surface area contributed by atoms with Crippen molar-refractivity contribution in [2.75, 3.05) is 19.7 Å². The molecule has 4 nitrogen and oxygen atoms in total. The van der Waals surface area contributed by atoms with E-state index in [9.17, 15) is 4.79 Å². The third-order valence-electron chi connectivity index (χ3n) is 2.59. The van der Waals surface area contributed by atoms with Gasteiger partial charge in [-0.25, -0.2) is 0 Å². The molecule has 0 bridgehead atoms. The van der Waals surface area contributed by atoms with Crippen molar-refractivity contribution in [3.63, 3.8) is 0 Å².